The number of halogens is 1. The van der Waals surface area contributed by atoms with Crippen LogP contribution in [0, 0.1) is 0 Å². The predicted octanol–water partition coefficient (Wildman–Crippen LogP) is 4.89. The average Bonchev–Trinajstić information content (AvgIpc) is 2.74. The van der Waals surface area contributed by atoms with Gasteiger partial charge in [0.15, 0.2) is 17.6 Å². The fourth-order valence-corrected chi connectivity index (χ4v) is 3.14. The van der Waals surface area contributed by atoms with Crippen LogP contribution in [-0.2, 0) is 14.3 Å². The Bertz CT molecular complexity index is 915. The number of amides is 1. The summed E-state index contributed by atoms with van der Waals surface area (Å²) >= 11 is 3.33. The summed E-state index contributed by atoms with van der Waals surface area (Å²) in [5, 5.41) is 21.6. The second-order valence-corrected chi connectivity index (χ2v) is 7.40. The van der Waals surface area contributed by atoms with E-state index in [1.54, 1.807) is 36.4 Å². The Kier molecular flexibility index (Phi) is 9.36. The number of carboxylic acids is 1. The van der Waals surface area contributed by atoms with E-state index in [2.05, 4.69) is 21.2 Å². The summed E-state index contributed by atoms with van der Waals surface area (Å²) in [6.07, 6.45) is 1.15. The normalized spacial score (nSPS) is 12.9. The van der Waals surface area contributed by atoms with Gasteiger partial charge >= 0.3 is 12.1 Å². The van der Waals surface area contributed by atoms with E-state index in [0.717, 1.165) is 10.5 Å². The first-order chi connectivity index (χ1) is 14.8. The lowest BCUT2D eigenvalue weighted by atomic mass is 9.99. The molecule has 166 valence electrons. The van der Waals surface area contributed by atoms with Crippen LogP contribution in [0.5, 0.6) is 11.5 Å². The summed E-state index contributed by atoms with van der Waals surface area (Å²) in [5.74, 6) is -0.876. The first kappa shape index (κ1) is 24.2. The third-order valence-electron chi connectivity index (χ3n) is 4.37. The van der Waals surface area contributed by atoms with E-state index in [-0.39, 0.29) is 11.5 Å². The second kappa shape index (κ2) is 12.0. The number of carbonyl (C=O) groups excluding carboxylic acids is 1. The lowest BCUT2D eigenvalue weighted by molar-refractivity contribution is -0.131. The van der Waals surface area contributed by atoms with Gasteiger partial charge in [-0.25, -0.2) is 9.59 Å². The molecule has 2 aromatic carbocycles. The Hall–Kier alpha value is -3.04. The molecule has 0 aliphatic carbocycles. The zero-order valence-electron chi connectivity index (χ0n) is 17.1. The Balaban J connectivity index is 2.22. The number of phenols is 1. The summed E-state index contributed by atoms with van der Waals surface area (Å²) in [6, 6.07) is 11.6. The molecule has 0 aromatic heterocycles. The number of ether oxygens (including phenoxy) is 3. The molecule has 0 spiro atoms. The maximum absolute atomic E-state index is 12.5. The number of allylic oxidation sites excluding steroid dienone is 1. The summed E-state index contributed by atoms with van der Waals surface area (Å²) in [6.45, 7) is 0. The number of rotatable bonds is 10. The number of carbonyl (C=O) groups is 2. The van der Waals surface area contributed by atoms with Crippen LogP contribution in [0.3, 0.4) is 0 Å². The molecule has 1 amide bonds. The molecule has 0 aliphatic rings. The molecule has 3 N–H and O–H groups in total. The van der Waals surface area contributed by atoms with E-state index in [4.69, 9.17) is 19.3 Å². The molecule has 0 bridgehead atoms. The number of nitrogens with one attached hydrogen (secondary N) is 1. The van der Waals surface area contributed by atoms with Gasteiger partial charge < -0.3 is 24.4 Å². The molecule has 0 radical (unpaired) electrons. The van der Waals surface area contributed by atoms with E-state index < -0.39 is 24.3 Å². The molecule has 0 fully saturated rings. The number of anilines is 1. The van der Waals surface area contributed by atoms with Gasteiger partial charge in [0.05, 0.1) is 13.2 Å². The van der Waals surface area contributed by atoms with Gasteiger partial charge in [-0.3, -0.25) is 5.32 Å². The van der Waals surface area contributed by atoms with Gasteiger partial charge in [0.1, 0.15) is 0 Å². The highest BCUT2D eigenvalue weighted by molar-refractivity contribution is 9.10. The highest BCUT2D eigenvalue weighted by atomic mass is 79.9. The summed E-state index contributed by atoms with van der Waals surface area (Å²) in [7, 11) is 2.90. The fourth-order valence-electron chi connectivity index (χ4n) is 2.88. The van der Waals surface area contributed by atoms with Crippen molar-refractivity contribution >= 4 is 33.7 Å². The van der Waals surface area contributed by atoms with Crippen LogP contribution >= 0.6 is 15.9 Å². The van der Waals surface area contributed by atoms with Crippen molar-refractivity contribution in [3.63, 3.8) is 0 Å². The minimum Gasteiger partial charge on any atom is -0.504 e. The van der Waals surface area contributed by atoms with Gasteiger partial charge in [0.2, 0.25) is 0 Å². The van der Waals surface area contributed by atoms with Crippen LogP contribution in [0.25, 0.3) is 0 Å². The van der Waals surface area contributed by atoms with Crippen LogP contribution in [0.2, 0.25) is 0 Å². The SMILES string of the molecule is COc1ccc([C@H](OC(=O)Nc2ccc(Br)cc2)[C@H](CC/C=C/C(=O)O)OC)cc1O. The molecule has 2 atom stereocenters. The van der Waals surface area contributed by atoms with Gasteiger partial charge in [-0.1, -0.05) is 28.1 Å². The van der Waals surface area contributed by atoms with Gasteiger partial charge in [-0.2, -0.15) is 0 Å². The number of hydrogen-bond acceptors (Lipinski definition) is 6. The monoisotopic (exact) mass is 493 g/mol. The molecule has 2 aromatic rings. The zero-order chi connectivity index (χ0) is 22.8. The Morgan fingerprint density at radius 1 is 1.16 bits per heavy atom. The van der Waals surface area contributed by atoms with E-state index in [1.165, 1.54) is 26.4 Å². The number of aliphatic carboxylic acids is 1. The van der Waals surface area contributed by atoms with Gasteiger partial charge in [0, 0.05) is 23.3 Å². The number of aromatic hydroxyl groups is 1. The van der Waals surface area contributed by atoms with Crippen molar-refractivity contribution in [1.82, 2.24) is 0 Å². The van der Waals surface area contributed by atoms with Crippen LogP contribution < -0.4 is 10.1 Å². The number of phenolic OH excluding ortho intramolecular Hbond substituents is 1. The topological polar surface area (TPSA) is 114 Å². The molecular formula is C22H24BrNO7. The van der Waals surface area contributed by atoms with Crippen molar-refractivity contribution in [2.45, 2.75) is 25.0 Å². The van der Waals surface area contributed by atoms with Crippen molar-refractivity contribution in [2.24, 2.45) is 0 Å². The maximum atomic E-state index is 12.5. The summed E-state index contributed by atoms with van der Waals surface area (Å²) in [5.41, 5.74) is 1.04. The minimum absolute atomic E-state index is 0.109. The smallest absolute Gasteiger partial charge is 0.412 e. The first-order valence-electron chi connectivity index (χ1n) is 9.36. The van der Waals surface area contributed by atoms with Crippen molar-refractivity contribution in [3.05, 3.63) is 64.7 Å². The van der Waals surface area contributed by atoms with Crippen molar-refractivity contribution in [2.75, 3.05) is 19.5 Å². The lowest BCUT2D eigenvalue weighted by Gasteiger charge is -2.26. The highest BCUT2D eigenvalue weighted by Crippen LogP contribution is 2.33. The lowest BCUT2D eigenvalue weighted by Crippen LogP contribution is -2.28. The average molecular weight is 494 g/mol. The van der Waals surface area contributed by atoms with Crippen molar-refractivity contribution in [3.8, 4) is 11.5 Å². The third kappa shape index (κ3) is 7.62. The van der Waals surface area contributed by atoms with Crippen LogP contribution in [0.1, 0.15) is 24.5 Å². The molecule has 0 heterocycles. The number of benzene rings is 2. The van der Waals surface area contributed by atoms with Gasteiger partial charge in [-0.05, 0) is 54.8 Å². The number of carboxylic acid groups (broad SMARTS) is 1. The zero-order valence-corrected chi connectivity index (χ0v) is 18.7. The Labute approximate surface area is 188 Å². The Morgan fingerprint density at radius 3 is 2.45 bits per heavy atom. The minimum atomic E-state index is -1.05. The van der Waals surface area contributed by atoms with Crippen LogP contribution in [-0.4, -0.2) is 42.6 Å². The predicted molar refractivity (Wildman–Crippen MR) is 118 cm³/mol. The second-order valence-electron chi connectivity index (χ2n) is 6.48. The van der Waals surface area contributed by atoms with Crippen molar-refractivity contribution in [1.29, 1.82) is 0 Å². The highest BCUT2D eigenvalue weighted by Gasteiger charge is 2.28. The standard InChI is InChI=1S/C22H24BrNO7/c1-29-18-12-7-14(13-17(18)25)21(19(30-2)5-3-4-6-20(26)27)31-22(28)24-16-10-8-15(23)9-11-16/h4,6-13,19,21,25H,3,5H2,1-2H3,(H,24,28)(H,26,27)/b6-4+/t19-,21-/m0/s1. The molecule has 8 nitrogen and oxygen atoms in total. The number of hydrogen-bond donors (Lipinski definition) is 3. The molecule has 0 saturated heterocycles. The number of methoxy groups -OCH3 is 2. The molecule has 2 rings (SSSR count). The van der Waals surface area contributed by atoms with Crippen LogP contribution in [0.15, 0.2) is 59.1 Å². The van der Waals surface area contributed by atoms with E-state index in [0.29, 0.717) is 24.1 Å². The summed E-state index contributed by atoms with van der Waals surface area (Å²) < 4.78 is 17.1. The largest absolute Gasteiger partial charge is 0.504 e. The Morgan fingerprint density at radius 2 is 1.87 bits per heavy atom. The maximum Gasteiger partial charge on any atom is 0.412 e. The van der Waals surface area contributed by atoms with E-state index in [1.807, 2.05) is 0 Å². The molecular weight excluding hydrogens is 470 g/mol. The van der Waals surface area contributed by atoms with E-state index >= 15 is 0 Å². The van der Waals surface area contributed by atoms with Crippen LogP contribution in [0.4, 0.5) is 10.5 Å². The van der Waals surface area contributed by atoms with Gasteiger partial charge in [-0.15, -0.1) is 0 Å². The summed E-state index contributed by atoms with van der Waals surface area (Å²) in [4.78, 5) is 23.2. The quantitative estimate of drug-likeness (QED) is 0.403. The van der Waals surface area contributed by atoms with E-state index in [9.17, 15) is 14.7 Å². The molecule has 0 aliphatic heterocycles. The first-order valence-corrected chi connectivity index (χ1v) is 10.2. The van der Waals surface area contributed by atoms with Crippen molar-refractivity contribution < 1.29 is 34.0 Å². The molecule has 0 saturated carbocycles. The molecule has 9 heteroatoms. The fraction of sp³-hybridized carbons (Fsp3) is 0.273. The third-order valence-corrected chi connectivity index (χ3v) is 4.90. The molecule has 31 heavy (non-hydrogen) atoms. The van der Waals surface area contributed by atoms with Gasteiger partial charge in [0.25, 0.3) is 0 Å². The molecule has 0 unspecified atom stereocenters.